The van der Waals surface area contributed by atoms with Crippen LogP contribution >= 0.6 is 15.9 Å². The van der Waals surface area contributed by atoms with Crippen molar-refractivity contribution in [2.45, 2.75) is 83.5 Å². The van der Waals surface area contributed by atoms with E-state index in [2.05, 4.69) is 84.4 Å². The highest BCUT2D eigenvalue weighted by Crippen LogP contribution is 2.55. The van der Waals surface area contributed by atoms with Crippen LogP contribution in [-0.2, 0) is 5.41 Å². The lowest BCUT2D eigenvalue weighted by atomic mass is 9.70. The second kappa shape index (κ2) is 11.4. The molecule has 0 N–H and O–H groups in total. The highest BCUT2D eigenvalue weighted by atomic mass is 79.9. The molecule has 1 aliphatic carbocycles. The second-order valence-corrected chi connectivity index (χ2v) is 10.8. The van der Waals surface area contributed by atoms with Crippen LogP contribution < -0.4 is 0 Å². The second-order valence-electron chi connectivity index (χ2n) is 9.84. The van der Waals surface area contributed by atoms with Gasteiger partial charge in [-0.05, 0) is 76.6 Å². The Bertz CT molecular complexity index is 1140. The van der Waals surface area contributed by atoms with Crippen molar-refractivity contribution < 1.29 is 0 Å². The molecule has 2 heteroatoms. The van der Waals surface area contributed by atoms with E-state index in [1.165, 1.54) is 102 Å². The summed E-state index contributed by atoms with van der Waals surface area (Å²) in [6.45, 7) is 4.59. The standard InChI is InChI=1S/C32H36BrN/c1-3-5-7-9-19-32(20-10-8-6-4-2)30-21-26(25-13-11-24(23-34)12-14-25)15-17-28(30)29-18-16-27(33)22-31(29)32/h11-18,21-22H,3-10,19-20H2,1-2H3. The minimum Gasteiger partial charge on any atom is -0.192 e. The molecule has 0 fully saturated rings. The molecule has 34 heavy (non-hydrogen) atoms. The molecule has 1 nitrogen and oxygen atoms in total. The summed E-state index contributed by atoms with van der Waals surface area (Å²) in [6, 6.07) is 24.2. The minimum atomic E-state index is 0.0819. The third-order valence-corrected chi connectivity index (χ3v) is 8.08. The van der Waals surface area contributed by atoms with Crippen LogP contribution in [0, 0.1) is 11.3 Å². The summed E-state index contributed by atoms with van der Waals surface area (Å²) in [4.78, 5) is 0. The van der Waals surface area contributed by atoms with Crippen LogP contribution in [0.4, 0.5) is 0 Å². The first-order valence-corrected chi connectivity index (χ1v) is 13.9. The Morgan fingerprint density at radius 2 is 1.24 bits per heavy atom. The summed E-state index contributed by atoms with van der Waals surface area (Å²) in [5, 5.41) is 9.20. The maximum absolute atomic E-state index is 9.20. The number of unbranched alkanes of at least 4 members (excludes halogenated alkanes) is 6. The van der Waals surface area contributed by atoms with Crippen molar-refractivity contribution >= 4 is 15.9 Å². The van der Waals surface area contributed by atoms with E-state index in [-0.39, 0.29) is 5.41 Å². The number of hydrogen-bond donors (Lipinski definition) is 0. The number of fused-ring (bicyclic) bond motifs is 3. The van der Waals surface area contributed by atoms with Gasteiger partial charge in [-0.15, -0.1) is 0 Å². The van der Waals surface area contributed by atoms with Gasteiger partial charge in [0.25, 0.3) is 0 Å². The minimum absolute atomic E-state index is 0.0819. The highest BCUT2D eigenvalue weighted by molar-refractivity contribution is 9.10. The molecule has 0 heterocycles. The number of nitriles is 1. The fourth-order valence-corrected chi connectivity index (χ4v) is 6.12. The zero-order chi connectivity index (χ0) is 24.0. The lowest BCUT2D eigenvalue weighted by Crippen LogP contribution is -2.25. The predicted molar refractivity (Wildman–Crippen MR) is 148 cm³/mol. The van der Waals surface area contributed by atoms with Gasteiger partial charge in [0.05, 0.1) is 11.6 Å². The fourth-order valence-electron chi connectivity index (χ4n) is 5.75. The third-order valence-electron chi connectivity index (χ3n) is 7.58. The van der Waals surface area contributed by atoms with E-state index >= 15 is 0 Å². The van der Waals surface area contributed by atoms with Crippen molar-refractivity contribution in [1.29, 1.82) is 5.26 Å². The summed E-state index contributed by atoms with van der Waals surface area (Å²) in [5.74, 6) is 0. The molecule has 0 amide bonds. The monoisotopic (exact) mass is 513 g/mol. The van der Waals surface area contributed by atoms with E-state index < -0.39 is 0 Å². The largest absolute Gasteiger partial charge is 0.192 e. The first-order chi connectivity index (χ1) is 16.6. The molecule has 4 rings (SSSR count). The quantitative estimate of drug-likeness (QED) is 0.234. The van der Waals surface area contributed by atoms with Gasteiger partial charge in [0.15, 0.2) is 0 Å². The average molecular weight is 515 g/mol. The number of hydrogen-bond acceptors (Lipinski definition) is 1. The van der Waals surface area contributed by atoms with E-state index in [0.29, 0.717) is 5.56 Å². The maximum Gasteiger partial charge on any atom is 0.0991 e. The van der Waals surface area contributed by atoms with Gasteiger partial charge in [0, 0.05) is 9.89 Å². The van der Waals surface area contributed by atoms with Crippen molar-refractivity contribution in [3.8, 4) is 28.3 Å². The van der Waals surface area contributed by atoms with Crippen molar-refractivity contribution in [3.05, 3.63) is 81.8 Å². The molecular formula is C32H36BrN. The molecule has 0 atom stereocenters. The molecule has 0 bridgehead atoms. The van der Waals surface area contributed by atoms with E-state index in [9.17, 15) is 5.26 Å². The summed E-state index contributed by atoms with van der Waals surface area (Å²) in [6.07, 6.45) is 12.8. The van der Waals surface area contributed by atoms with Crippen molar-refractivity contribution in [2.24, 2.45) is 0 Å². The first-order valence-electron chi connectivity index (χ1n) is 13.1. The van der Waals surface area contributed by atoms with Crippen LogP contribution in [0.5, 0.6) is 0 Å². The van der Waals surface area contributed by atoms with E-state index in [4.69, 9.17) is 0 Å². The Morgan fingerprint density at radius 3 is 1.82 bits per heavy atom. The maximum atomic E-state index is 9.20. The molecule has 0 saturated carbocycles. The molecule has 0 spiro atoms. The molecule has 3 aromatic rings. The van der Waals surface area contributed by atoms with Gasteiger partial charge >= 0.3 is 0 Å². The summed E-state index contributed by atoms with van der Waals surface area (Å²) < 4.78 is 1.18. The van der Waals surface area contributed by atoms with Gasteiger partial charge in [-0.2, -0.15) is 5.26 Å². The van der Waals surface area contributed by atoms with Crippen LogP contribution in [0.1, 0.15) is 94.7 Å². The zero-order valence-electron chi connectivity index (χ0n) is 20.7. The molecule has 0 aliphatic heterocycles. The van der Waals surface area contributed by atoms with Crippen molar-refractivity contribution in [1.82, 2.24) is 0 Å². The summed E-state index contributed by atoms with van der Waals surface area (Å²) >= 11 is 3.79. The highest BCUT2D eigenvalue weighted by Gasteiger charge is 2.42. The lowest BCUT2D eigenvalue weighted by molar-refractivity contribution is 0.401. The van der Waals surface area contributed by atoms with Gasteiger partial charge in [0.2, 0.25) is 0 Å². The molecule has 3 aromatic carbocycles. The molecule has 1 aliphatic rings. The number of halogens is 1. The number of nitrogens with zero attached hydrogens (tertiary/aromatic N) is 1. The van der Waals surface area contributed by atoms with Gasteiger partial charge in [-0.1, -0.05) is 111 Å². The van der Waals surface area contributed by atoms with Crippen LogP contribution in [0.3, 0.4) is 0 Å². The van der Waals surface area contributed by atoms with Crippen LogP contribution in [0.25, 0.3) is 22.3 Å². The van der Waals surface area contributed by atoms with E-state index in [1.807, 2.05) is 12.1 Å². The smallest absolute Gasteiger partial charge is 0.0991 e. The van der Waals surface area contributed by atoms with Crippen LogP contribution in [0.15, 0.2) is 65.1 Å². The SMILES string of the molecule is CCCCCCC1(CCCCCC)c2cc(Br)ccc2-c2ccc(-c3ccc(C#N)cc3)cc21. The van der Waals surface area contributed by atoms with Gasteiger partial charge in [-0.25, -0.2) is 0 Å². The normalized spacial score (nSPS) is 13.4. The Kier molecular flexibility index (Phi) is 8.28. The molecule has 176 valence electrons. The Hall–Kier alpha value is -2.37. The summed E-state index contributed by atoms with van der Waals surface area (Å²) in [5.41, 5.74) is 9.08. The Morgan fingerprint density at radius 1 is 0.676 bits per heavy atom. The first kappa shape index (κ1) is 24.7. The van der Waals surface area contributed by atoms with Crippen molar-refractivity contribution in [2.75, 3.05) is 0 Å². The lowest BCUT2D eigenvalue weighted by Gasteiger charge is -2.33. The Labute approximate surface area is 214 Å². The predicted octanol–water partition coefficient (Wildman–Crippen LogP) is 10.2. The van der Waals surface area contributed by atoms with Crippen LogP contribution in [-0.4, -0.2) is 0 Å². The van der Waals surface area contributed by atoms with Gasteiger partial charge < -0.3 is 0 Å². The third kappa shape index (κ3) is 5.01. The van der Waals surface area contributed by atoms with E-state index in [0.717, 1.165) is 0 Å². The molecule has 0 unspecified atom stereocenters. The summed E-state index contributed by atoms with van der Waals surface area (Å²) in [7, 11) is 0. The Balaban J connectivity index is 1.80. The topological polar surface area (TPSA) is 23.8 Å². The zero-order valence-corrected chi connectivity index (χ0v) is 22.3. The molecule has 0 radical (unpaired) electrons. The average Bonchev–Trinajstić information content (AvgIpc) is 3.13. The van der Waals surface area contributed by atoms with Gasteiger partial charge in [-0.3, -0.25) is 0 Å². The fraction of sp³-hybridized carbons (Fsp3) is 0.406. The van der Waals surface area contributed by atoms with Gasteiger partial charge in [0.1, 0.15) is 0 Å². The van der Waals surface area contributed by atoms with E-state index in [1.54, 1.807) is 0 Å². The number of rotatable bonds is 11. The molecule has 0 saturated heterocycles. The molecule has 0 aromatic heterocycles. The van der Waals surface area contributed by atoms with Crippen LogP contribution in [0.2, 0.25) is 0 Å². The van der Waals surface area contributed by atoms with Crippen molar-refractivity contribution in [3.63, 3.8) is 0 Å². The number of benzene rings is 3. The molecular weight excluding hydrogens is 478 g/mol.